The number of carbonyl (C=O) groups is 1. The quantitative estimate of drug-likeness (QED) is 0.663. The van der Waals surface area contributed by atoms with Crippen LogP contribution in [-0.4, -0.2) is 41.4 Å². The standard InChI is InChI=1S/C14H16FN3O3/c15-10-3-4-13(18(20)21)11(6-10)14(19)17-7-9-2-1-5-16-12(9)8-17/h3-4,6,9,12,16H,1-2,5,7-8H2. The zero-order valence-electron chi connectivity index (χ0n) is 11.4. The smallest absolute Gasteiger partial charge is 0.282 e. The Morgan fingerprint density at radius 1 is 1.43 bits per heavy atom. The van der Waals surface area contributed by atoms with E-state index in [1.165, 1.54) is 0 Å². The van der Waals surface area contributed by atoms with Gasteiger partial charge in [-0.2, -0.15) is 0 Å². The average molecular weight is 293 g/mol. The van der Waals surface area contributed by atoms with Crippen molar-refractivity contribution >= 4 is 11.6 Å². The van der Waals surface area contributed by atoms with Gasteiger partial charge in [-0.1, -0.05) is 0 Å². The summed E-state index contributed by atoms with van der Waals surface area (Å²) in [5.41, 5.74) is -0.511. The number of nitro groups is 1. The Hall–Kier alpha value is -2.02. The zero-order valence-corrected chi connectivity index (χ0v) is 11.4. The second kappa shape index (κ2) is 5.40. The SMILES string of the molecule is O=C(c1cc(F)ccc1[N+](=O)[O-])N1CC2CCCNC2C1. The van der Waals surface area contributed by atoms with Gasteiger partial charge in [-0.3, -0.25) is 14.9 Å². The number of hydrogen-bond donors (Lipinski definition) is 1. The largest absolute Gasteiger partial charge is 0.337 e. The third-order valence-electron chi connectivity index (χ3n) is 4.27. The first-order chi connectivity index (χ1) is 10.1. The third kappa shape index (κ3) is 2.61. The van der Waals surface area contributed by atoms with Crippen LogP contribution in [0.25, 0.3) is 0 Å². The summed E-state index contributed by atoms with van der Waals surface area (Å²) in [6.07, 6.45) is 2.12. The summed E-state index contributed by atoms with van der Waals surface area (Å²) in [5, 5.41) is 14.4. The van der Waals surface area contributed by atoms with Crippen molar-refractivity contribution in [1.82, 2.24) is 10.2 Å². The van der Waals surface area contributed by atoms with E-state index in [1.807, 2.05) is 0 Å². The van der Waals surface area contributed by atoms with Gasteiger partial charge in [-0.05, 0) is 37.4 Å². The molecule has 1 aromatic rings. The first kappa shape index (κ1) is 13.9. The zero-order chi connectivity index (χ0) is 15.0. The fraction of sp³-hybridized carbons (Fsp3) is 0.500. The van der Waals surface area contributed by atoms with Crippen molar-refractivity contribution in [1.29, 1.82) is 0 Å². The molecule has 2 atom stereocenters. The Morgan fingerprint density at radius 2 is 2.24 bits per heavy atom. The number of halogens is 1. The maximum atomic E-state index is 13.3. The minimum absolute atomic E-state index is 0.168. The molecule has 2 saturated heterocycles. The van der Waals surface area contributed by atoms with Crippen LogP contribution in [0.1, 0.15) is 23.2 Å². The van der Waals surface area contributed by atoms with E-state index in [0.717, 1.165) is 37.6 Å². The number of benzene rings is 1. The Bertz CT molecular complexity index is 579. The molecule has 3 rings (SSSR count). The molecule has 0 saturated carbocycles. The predicted octanol–water partition coefficient (Wildman–Crippen LogP) is 1.56. The predicted molar refractivity (Wildman–Crippen MR) is 73.5 cm³/mol. The molecule has 21 heavy (non-hydrogen) atoms. The highest BCUT2D eigenvalue weighted by atomic mass is 19.1. The number of rotatable bonds is 2. The van der Waals surface area contributed by atoms with Gasteiger partial charge in [-0.15, -0.1) is 0 Å². The first-order valence-electron chi connectivity index (χ1n) is 7.03. The fourth-order valence-corrected chi connectivity index (χ4v) is 3.22. The average Bonchev–Trinajstić information content (AvgIpc) is 2.89. The lowest BCUT2D eigenvalue weighted by molar-refractivity contribution is -0.385. The van der Waals surface area contributed by atoms with E-state index in [2.05, 4.69) is 5.32 Å². The number of nitrogens with one attached hydrogen (secondary N) is 1. The van der Waals surface area contributed by atoms with Crippen LogP contribution < -0.4 is 5.32 Å². The Morgan fingerprint density at radius 3 is 2.95 bits per heavy atom. The molecule has 0 bridgehead atoms. The minimum Gasteiger partial charge on any atom is -0.337 e. The van der Waals surface area contributed by atoms with E-state index in [9.17, 15) is 19.3 Å². The lowest BCUT2D eigenvalue weighted by Gasteiger charge is -2.24. The summed E-state index contributed by atoms with van der Waals surface area (Å²) in [6, 6.07) is 3.25. The van der Waals surface area contributed by atoms with Gasteiger partial charge in [0, 0.05) is 25.2 Å². The molecule has 0 aliphatic carbocycles. The van der Waals surface area contributed by atoms with Crippen LogP contribution in [0.5, 0.6) is 0 Å². The summed E-state index contributed by atoms with van der Waals surface area (Å²) in [4.78, 5) is 24.4. The molecule has 2 fully saturated rings. The normalized spacial score (nSPS) is 24.7. The number of piperidine rings is 1. The molecule has 2 aliphatic heterocycles. The molecule has 1 aromatic carbocycles. The third-order valence-corrected chi connectivity index (χ3v) is 4.27. The molecule has 0 radical (unpaired) electrons. The van der Waals surface area contributed by atoms with Gasteiger partial charge in [-0.25, -0.2) is 4.39 Å². The van der Waals surface area contributed by atoms with E-state index < -0.39 is 16.6 Å². The van der Waals surface area contributed by atoms with Crippen LogP contribution in [0, 0.1) is 21.8 Å². The van der Waals surface area contributed by atoms with Crippen molar-refractivity contribution in [2.75, 3.05) is 19.6 Å². The van der Waals surface area contributed by atoms with Gasteiger partial charge < -0.3 is 10.2 Å². The van der Waals surface area contributed by atoms with Crippen molar-refractivity contribution in [2.45, 2.75) is 18.9 Å². The van der Waals surface area contributed by atoms with Crippen LogP contribution in [0.2, 0.25) is 0 Å². The van der Waals surface area contributed by atoms with E-state index >= 15 is 0 Å². The minimum atomic E-state index is -0.645. The summed E-state index contributed by atoms with van der Waals surface area (Å²) < 4.78 is 13.3. The Kier molecular flexibility index (Phi) is 3.59. The van der Waals surface area contributed by atoms with Gasteiger partial charge in [0.1, 0.15) is 11.4 Å². The van der Waals surface area contributed by atoms with Gasteiger partial charge in [0.15, 0.2) is 0 Å². The highest BCUT2D eigenvalue weighted by molar-refractivity contribution is 5.98. The van der Waals surface area contributed by atoms with Crippen molar-refractivity contribution in [3.05, 3.63) is 39.7 Å². The molecule has 0 spiro atoms. The topological polar surface area (TPSA) is 75.5 Å². The van der Waals surface area contributed by atoms with Crippen LogP contribution >= 0.6 is 0 Å². The number of nitro benzene ring substituents is 1. The van der Waals surface area contributed by atoms with E-state index in [1.54, 1.807) is 4.90 Å². The number of fused-ring (bicyclic) bond motifs is 1. The molecule has 2 unspecified atom stereocenters. The van der Waals surface area contributed by atoms with E-state index in [0.29, 0.717) is 19.0 Å². The highest BCUT2D eigenvalue weighted by Gasteiger charge is 2.38. The molecule has 112 valence electrons. The molecule has 1 amide bonds. The van der Waals surface area contributed by atoms with Gasteiger partial charge in [0.25, 0.3) is 11.6 Å². The highest BCUT2D eigenvalue weighted by Crippen LogP contribution is 2.28. The number of likely N-dealkylation sites (tertiary alicyclic amines) is 1. The second-order valence-electron chi connectivity index (χ2n) is 5.59. The van der Waals surface area contributed by atoms with Crippen LogP contribution in [0.4, 0.5) is 10.1 Å². The Labute approximate surface area is 121 Å². The summed E-state index contributed by atoms with van der Waals surface area (Å²) in [5.74, 6) is -0.716. The van der Waals surface area contributed by atoms with Gasteiger partial charge >= 0.3 is 0 Å². The van der Waals surface area contributed by atoms with Crippen molar-refractivity contribution in [2.24, 2.45) is 5.92 Å². The molecule has 6 nitrogen and oxygen atoms in total. The number of hydrogen-bond acceptors (Lipinski definition) is 4. The Balaban J connectivity index is 1.85. The number of nitrogens with zero attached hydrogens (tertiary/aromatic N) is 2. The van der Waals surface area contributed by atoms with Gasteiger partial charge in [0.05, 0.1) is 4.92 Å². The molecule has 0 aromatic heterocycles. The molecule has 1 N–H and O–H groups in total. The van der Waals surface area contributed by atoms with E-state index in [-0.39, 0.29) is 17.3 Å². The molecule has 7 heteroatoms. The van der Waals surface area contributed by atoms with Crippen LogP contribution in [0.15, 0.2) is 18.2 Å². The molecule has 2 heterocycles. The number of amides is 1. The van der Waals surface area contributed by atoms with Crippen LogP contribution in [-0.2, 0) is 0 Å². The summed E-state index contributed by atoms with van der Waals surface area (Å²) in [7, 11) is 0. The lowest BCUT2D eigenvalue weighted by Crippen LogP contribution is -2.41. The van der Waals surface area contributed by atoms with Gasteiger partial charge in [0.2, 0.25) is 0 Å². The maximum absolute atomic E-state index is 13.3. The molecular weight excluding hydrogens is 277 g/mol. The van der Waals surface area contributed by atoms with Crippen molar-refractivity contribution in [3.63, 3.8) is 0 Å². The second-order valence-corrected chi connectivity index (χ2v) is 5.59. The maximum Gasteiger partial charge on any atom is 0.282 e. The molecular formula is C14H16FN3O3. The van der Waals surface area contributed by atoms with Crippen LogP contribution in [0.3, 0.4) is 0 Å². The summed E-state index contributed by atoms with van der Waals surface area (Å²) in [6.45, 7) is 2.03. The first-order valence-corrected chi connectivity index (χ1v) is 7.03. The lowest BCUT2D eigenvalue weighted by atomic mass is 9.94. The van der Waals surface area contributed by atoms with Crippen molar-refractivity contribution in [3.8, 4) is 0 Å². The number of carbonyl (C=O) groups excluding carboxylic acids is 1. The fourth-order valence-electron chi connectivity index (χ4n) is 3.22. The summed E-state index contributed by atoms with van der Waals surface area (Å²) >= 11 is 0. The van der Waals surface area contributed by atoms with Crippen molar-refractivity contribution < 1.29 is 14.1 Å². The molecule has 2 aliphatic rings. The monoisotopic (exact) mass is 293 g/mol. The van der Waals surface area contributed by atoms with E-state index in [4.69, 9.17) is 0 Å².